The molecule has 2 aromatic rings. The summed E-state index contributed by atoms with van der Waals surface area (Å²) in [6.45, 7) is 2.13. The van der Waals surface area contributed by atoms with E-state index in [2.05, 4.69) is 10.3 Å². The number of aliphatic hydroxyl groups is 1. The summed E-state index contributed by atoms with van der Waals surface area (Å²) in [5.41, 5.74) is 2.10. The lowest BCUT2D eigenvalue weighted by atomic mass is 10.0. The first kappa shape index (κ1) is 16.0. The molecule has 5 heteroatoms. The number of phenols is 1. The maximum atomic E-state index is 12.1. The SMILES string of the molecule is Cc1cc(O)cc(C(=O)NCC(CO)Cc2ccccn2)c1. The highest BCUT2D eigenvalue weighted by atomic mass is 16.3. The second-order valence-electron chi connectivity index (χ2n) is 5.34. The summed E-state index contributed by atoms with van der Waals surface area (Å²) in [7, 11) is 0. The van der Waals surface area contributed by atoms with Gasteiger partial charge in [0, 0.05) is 36.5 Å². The number of hydrogen-bond donors (Lipinski definition) is 3. The van der Waals surface area contributed by atoms with Crippen LogP contribution >= 0.6 is 0 Å². The Balaban J connectivity index is 1.93. The normalized spacial score (nSPS) is 11.9. The summed E-state index contributed by atoms with van der Waals surface area (Å²) < 4.78 is 0. The molecule has 1 unspecified atom stereocenters. The molecule has 0 spiro atoms. The Kier molecular flexibility index (Phi) is 5.49. The van der Waals surface area contributed by atoms with Gasteiger partial charge in [-0.05, 0) is 49.2 Å². The minimum absolute atomic E-state index is 0.0318. The molecule has 0 fully saturated rings. The molecular weight excluding hydrogens is 280 g/mol. The van der Waals surface area contributed by atoms with Crippen LogP contribution in [0.5, 0.6) is 5.75 Å². The van der Waals surface area contributed by atoms with Crippen molar-refractivity contribution < 1.29 is 15.0 Å². The predicted octanol–water partition coefficient (Wildman–Crippen LogP) is 1.68. The van der Waals surface area contributed by atoms with Gasteiger partial charge >= 0.3 is 0 Å². The number of phenolic OH excluding ortho intramolecular Hbond substituents is 1. The van der Waals surface area contributed by atoms with Gasteiger partial charge in [0.05, 0.1) is 0 Å². The Morgan fingerprint density at radius 1 is 1.32 bits per heavy atom. The van der Waals surface area contributed by atoms with Crippen molar-refractivity contribution in [1.82, 2.24) is 10.3 Å². The molecule has 1 aromatic carbocycles. The summed E-state index contributed by atoms with van der Waals surface area (Å²) in [5, 5.41) is 21.8. The van der Waals surface area contributed by atoms with Crippen LogP contribution in [0.2, 0.25) is 0 Å². The molecule has 0 saturated heterocycles. The Labute approximate surface area is 129 Å². The second kappa shape index (κ2) is 7.56. The van der Waals surface area contributed by atoms with Crippen LogP contribution in [0.25, 0.3) is 0 Å². The standard InChI is InChI=1S/C17H20N2O3/c1-12-6-14(9-16(21)7-12)17(22)19-10-13(11-20)8-15-4-2-3-5-18-15/h2-7,9,13,20-21H,8,10-11H2,1H3,(H,19,22). The first-order valence-corrected chi connectivity index (χ1v) is 7.18. The van der Waals surface area contributed by atoms with E-state index in [9.17, 15) is 15.0 Å². The van der Waals surface area contributed by atoms with Gasteiger partial charge in [-0.3, -0.25) is 9.78 Å². The molecule has 0 aliphatic rings. The molecule has 0 radical (unpaired) electrons. The predicted molar refractivity (Wildman–Crippen MR) is 83.7 cm³/mol. The Morgan fingerprint density at radius 2 is 2.14 bits per heavy atom. The first-order chi connectivity index (χ1) is 10.6. The van der Waals surface area contributed by atoms with Crippen molar-refractivity contribution in [3.05, 3.63) is 59.4 Å². The van der Waals surface area contributed by atoms with Crippen LogP contribution in [0.3, 0.4) is 0 Å². The van der Waals surface area contributed by atoms with E-state index >= 15 is 0 Å². The molecule has 22 heavy (non-hydrogen) atoms. The van der Waals surface area contributed by atoms with Gasteiger partial charge in [-0.25, -0.2) is 0 Å². The number of aliphatic hydroxyl groups excluding tert-OH is 1. The van der Waals surface area contributed by atoms with Crippen LogP contribution < -0.4 is 5.32 Å². The lowest BCUT2D eigenvalue weighted by Gasteiger charge is -2.15. The number of carbonyl (C=O) groups excluding carboxylic acids is 1. The third-order valence-electron chi connectivity index (χ3n) is 3.36. The fourth-order valence-electron chi connectivity index (χ4n) is 2.25. The fourth-order valence-corrected chi connectivity index (χ4v) is 2.25. The summed E-state index contributed by atoms with van der Waals surface area (Å²) in [6.07, 6.45) is 2.30. The summed E-state index contributed by atoms with van der Waals surface area (Å²) in [6, 6.07) is 10.3. The van der Waals surface area contributed by atoms with Gasteiger partial charge in [-0.1, -0.05) is 6.07 Å². The number of nitrogens with one attached hydrogen (secondary N) is 1. The number of rotatable bonds is 6. The zero-order chi connectivity index (χ0) is 15.9. The van der Waals surface area contributed by atoms with Crippen LogP contribution in [-0.4, -0.2) is 34.3 Å². The molecule has 0 aliphatic carbocycles. The third-order valence-corrected chi connectivity index (χ3v) is 3.36. The van der Waals surface area contributed by atoms with Crippen molar-refractivity contribution in [1.29, 1.82) is 0 Å². The minimum atomic E-state index is -0.265. The van der Waals surface area contributed by atoms with Crippen molar-refractivity contribution in [3.63, 3.8) is 0 Å². The molecule has 1 aromatic heterocycles. The van der Waals surface area contributed by atoms with Gasteiger partial charge in [0.15, 0.2) is 0 Å². The molecule has 5 nitrogen and oxygen atoms in total. The van der Waals surface area contributed by atoms with Gasteiger partial charge in [-0.15, -0.1) is 0 Å². The number of pyridine rings is 1. The highest BCUT2D eigenvalue weighted by Crippen LogP contribution is 2.15. The summed E-state index contributed by atoms with van der Waals surface area (Å²) in [5.74, 6) is -0.298. The average molecular weight is 300 g/mol. The number of hydrogen-bond acceptors (Lipinski definition) is 4. The topological polar surface area (TPSA) is 82.5 Å². The van der Waals surface area contributed by atoms with E-state index in [1.165, 1.54) is 6.07 Å². The molecule has 3 N–H and O–H groups in total. The van der Waals surface area contributed by atoms with E-state index in [1.54, 1.807) is 18.3 Å². The van der Waals surface area contributed by atoms with Crippen molar-refractivity contribution in [3.8, 4) is 5.75 Å². The van der Waals surface area contributed by atoms with Gasteiger partial charge < -0.3 is 15.5 Å². The van der Waals surface area contributed by atoms with Crippen LogP contribution in [-0.2, 0) is 6.42 Å². The fraction of sp³-hybridized carbons (Fsp3) is 0.294. The number of aromatic nitrogens is 1. The van der Waals surface area contributed by atoms with E-state index in [0.717, 1.165) is 11.3 Å². The number of aryl methyl sites for hydroxylation is 1. The number of nitrogens with zero attached hydrogens (tertiary/aromatic N) is 1. The number of benzene rings is 1. The number of aromatic hydroxyl groups is 1. The van der Waals surface area contributed by atoms with Crippen LogP contribution in [0, 0.1) is 12.8 Å². The highest BCUT2D eigenvalue weighted by Gasteiger charge is 2.13. The van der Waals surface area contributed by atoms with Gasteiger partial charge in [-0.2, -0.15) is 0 Å². The quantitative estimate of drug-likeness (QED) is 0.758. The summed E-state index contributed by atoms with van der Waals surface area (Å²) in [4.78, 5) is 16.3. The van der Waals surface area contributed by atoms with Crippen molar-refractivity contribution >= 4 is 5.91 Å². The van der Waals surface area contributed by atoms with Gasteiger partial charge in [0.2, 0.25) is 0 Å². The smallest absolute Gasteiger partial charge is 0.251 e. The molecule has 0 bridgehead atoms. The Bertz CT molecular complexity index is 609. The Hall–Kier alpha value is -2.40. The van der Waals surface area contributed by atoms with Gasteiger partial charge in [0.1, 0.15) is 5.75 Å². The van der Waals surface area contributed by atoms with E-state index in [4.69, 9.17) is 0 Å². The minimum Gasteiger partial charge on any atom is -0.508 e. The van der Waals surface area contributed by atoms with E-state index in [-0.39, 0.29) is 24.2 Å². The van der Waals surface area contributed by atoms with Crippen LogP contribution in [0.4, 0.5) is 0 Å². The monoisotopic (exact) mass is 300 g/mol. The molecular formula is C17H20N2O3. The van der Waals surface area contributed by atoms with Crippen LogP contribution in [0.15, 0.2) is 42.6 Å². The Morgan fingerprint density at radius 3 is 2.77 bits per heavy atom. The summed E-state index contributed by atoms with van der Waals surface area (Å²) >= 11 is 0. The van der Waals surface area contributed by atoms with Crippen molar-refractivity contribution in [2.75, 3.05) is 13.2 Å². The van der Waals surface area contributed by atoms with Crippen molar-refractivity contribution in [2.24, 2.45) is 5.92 Å². The van der Waals surface area contributed by atoms with Crippen molar-refractivity contribution in [2.45, 2.75) is 13.3 Å². The van der Waals surface area contributed by atoms with E-state index in [1.807, 2.05) is 25.1 Å². The highest BCUT2D eigenvalue weighted by molar-refractivity contribution is 5.94. The molecule has 116 valence electrons. The molecule has 1 amide bonds. The van der Waals surface area contributed by atoms with E-state index in [0.29, 0.717) is 18.5 Å². The maximum absolute atomic E-state index is 12.1. The molecule has 0 aliphatic heterocycles. The third kappa shape index (κ3) is 4.56. The molecule has 0 saturated carbocycles. The van der Waals surface area contributed by atoms with Crippen LogP contribution in [0.1, 0.15) is 21.6 Å². The zero-order valence-corrected chi connectivity index (χ0v) is 12.5. The molecule has 1 atom stereocenters. The molecule has 1 heterocycles. The second-order valence-corrected chi connectivity index (χ2v) is 5.34. The number of carbonyl (C=O) groups is 1. The zero-order valence-electron chi connectivity index (χ0n) is 12.5. The van der Waals surface area contributed by atoms with E-state index < -0.39 is 0 Å². The molecule has 2 rings (SSSR count). The van der Waals surface area contributed by atoms with Gasteiger partial charge in [0.25, 0.3) is 5.91 Å². The number of amides is 1. The lowest BCUT2D eigenvalue weighted by Crippen LogP contribution is -2.32. The lowest BCUT2D eigenvalue weighted by molar-refractivity contribution is 0.0939. The first-order valence-electron chi connectivity index (χ1n) is 7.18. The maximum Gasteiger partial charge on any atom is 0.251 e. The largest absolute Gasteiger partial charge is 0.508 e. The average Bonchev–Trinajstić information content (AvgIpc) is 2.51.